The van der Waals surface area contributed by atoms with Crippen LogP contribution in [0, 0.1) is 0 Å². The molecule has 25 heavy (non-hydrogen) atoms. The number of hydrogen-bond donors (Lipinski definition) is 1. The zero-order valence-electron chi connectivity index (χ0n) is 14.2. The molecule has 1 aromatic heterocycles. The number of benzene rings is 1. The molecule has 0 spiro atoms. The maximum atomic E-state index is 11.8. The molecule has 0 radical (unpaired) electrons. The quantitative estimate of drug-likeness (QED) is 0.500. The van der Waals surface area contributed by atoms with Crippen LogP contribution in [0.1, 0.15) is 12.2 Å². The molecule has 0 unspecified atom stereocenters. The van der Waals surface area contributed by atoms with Gasteiger partial charge in [0, 0.05) is 32.3 Å². The Labute approximate surface area is 156 Å². The van der Waals surface area contributed by atoms with Gasteiger partial charge in [-0.05, 0) is 30.7 Å². The van der Waals surface area contributed by atoms with E-state index in [1.807, 2.05) is 11.6 Å². The predicted molar refractivity (Wildman–Crippen MR) is 97.0 cm³/mol. The summed E-state index contributed by atoms with van der Waals surface area (Å²) in [5, 5.41) is 12.4. The molecule has 2 rings (SSSR count). The monoisotopic (exact) mass is 384 g/mol. The Morgan fingerprint density at radius 1 is 1.32 bits per heavy atom. The molecule has 2 aromatic rings. The van der Waals surface area contributed by atoms with Gasteiger partial charge in [-0.25, -0.2) is 0 Å². The van der Waals surface area contributed by atoms with Crippen LogP contribution in [-0.4, -0.2) is 46.7 Å². The van der Waals surface area contributed by atoms with Crippen LogP contribution in [0.3, 0.4) is 0 Å². The lowest BCUT2D eigenvalue weighted by atomic mass is 10.3. The zero-order chi connectivity index (χ0) is 18.1. The highest BCUT2D eigenvalue weighted by molar-refractivity contribution is 7.99. The fourth-order valence-corrected chi connectivity index (χ4v) is 2.79. The highest BCUT2D eigenvalue weighted by Gasteiger charge is 2.12. The third-order valence-electron chi connectivity index (χ3n) is 3.29. The molecule has 0 aliphatic rings. The highest BCUT2D eigenvalue weighted by Crippen LogP contribution is 2.18. The van der Waals surface area contributed by atoms with Crippen molar-refractivity contribution in [2.45, 2.75) is 18.2 Å². The third kappa shape index (κ3) is 6.56. The molecule has 0 bridgehead atoms. The van der Waals surface area contributed by atoms with E-state index in [0.29, 0.717) is 34.9 Å². The fraction of sp³-hybridized carbons (Fsp3) is 0.438. The summed E-state index contributed by atoms with van der Waals surface area (Å²) < 4.78 is 12.4. The lowest BCUT2D eigenvalue weighted by molar-refractivity contribution is -0.118. The highest BCUT2D eigenvalue weighted by atomic mass is 35.5. The molecule has 1 aromatic carbocycles. The van der Waals surface area contributed by atoms with Crippen LogP contribution in [0.2, 0.25) is 5.02 Å². The van der Waals surface area contributed by atoms with Crippen molar-refractivity contribution in [3.8, 4) is 5.75 Å². The van der Waals surface area contributed by atoms with Gasteiger partial charge >= 0.3 is 0 Å². The van der Waals surface area contributed by atoms with Gasteiger partial charge in [-0.15, -0.1) is 10.2 Å². The molecule has 0 aliphatic heterocycles. The zero-order valence-corrected chi connectivity index (χ0v) is 15.8. The van der Waals surface area contributed by atoms with Crippen LogP contribution in [0.25, 0.3) is 0 Å². The number of hydrogen-bond acceptors (Lipinski definition) is 6. The average molecular weight is 385 g/mol. The smallest absolute Gasteiger partial charge is 0.230 e. The Morgan fingerprint density at radius 2 is 2.08 bits per heavy atom. The van der Waals surface area contributed by atoms with Gasteiger partial charge in [-0.1, -0.05) is 23.4 Å². The van der Waals surface area contributed by atoms with E-state index in [2.05, 4.69) is 15.5 Å². The summed E-state index contributed by atoms with van der Waals surface area (Å²) in [4.78, 5) is 11.8. The van der Waals surface area contributed by atoms with Crippen LogP contribution in [0.4, 0.5) is 0 Å². The summed E-state index contributed by atoms with van der Waals surface area (Å²) in [6, 6.07) is 7.12. The molecule has 0 aliphatic carbocycles. The molecule has 0 fully saturated rings. The topological polar surface area (TPSA) is 78.3 Å². The standard InChI is InChI=1S/C16H21ClN4O3S/c1-21-14(10-24-13-6-4-12(17)5-7-13)19-20-16(21)25-11-15(22)18-8-3-9-23-2/h4-7H,3,8-11H2,1-2H3,(H,18,22). The Morgan fingerprint density at radius 3 is 2.80 bits per heavy atom. The first-order chi connectivity index (χ1) is 12.1. The van der Waals surface area contributed by atoms with E-state index in [0.717, 1.165) is 6.42 Å². The van der Waals surface area contributed by atoms with Crippen molar-refractivity contribution in [2.75, 3.05) is 26.0 Å². The summed E-state index contributed by atoms with van der Waals surface area (Å²) in [6.45, 7) is 1.52. The van der Waals surface area contributed by atoms with Crippen LogP contribution >= 0.6 is 23.4 Å². The summed E-state index contributed by atoms with van der Waals surface area (Å²) in [5.74, 6) is 1.63. The van der Waals surface area contributed by atoms with Crippen molar-refractivity contribution < 1.29 is 14.3 Å². The van der Waals surface area contributed by atoms with E-state index in [1.54, 1.807) is 31.4 Å². The molecule has 0 atom stereocenters. The molecule has 136 valence electrons. The van der Waals surface area contributed by atoms with E-state index >= 15 is 0 Å². The van der Waals surface area contributed by atoms with Crippen molar-refractivity contribution in [3.05, 3.63) is 35.1 Å². The predicted octanol–water partition coefficient (Wildman–Crippen LogP) is 2.29. The molecule has 1 amide bonds. The molecule has 1 heterocycles. The number of ether oxygens (including phenoxy) is 2. The number of aromatic nitrogens is 3. The lowest BCUT2D eigenvalue weighted by Gasteiger charge is -2.07. The average Bonchev–Trinajstić information content (AvgIpc) is 2.96. The SMILES string of the molecule is COCCCNC(=O)CSc1nnc(COc2ccc(Cl)cc2)n1C. The molecule has 9 heteroatoms. The van der Waals surface area contributed by atoms with Gasteiger partial charge in [0.05, 0.1) is 5.75 Å². The number of halogens is 1. The number of amides is 1. The van der Waals surface area contributed by atoms with E-state index < -0.39 is 0 Å². The Hall–Kier alpha value is -1.77. The van der Waals surface area contributed by atoms with Gasteiger partial charge in [0.25, 0.3) is 0 Å². The molecule has 1 N–H and O–H groups in total. The van der Waals surface area contributed by atoms with Crippen molar-refractivity contribution in [2.24, 2.45) is 7.05 Å². The van der Waals surface area contributed by atoms with Crippen molar-refractivity contribution >= 4 is 29.3 Å². The minimum Gasteiger partial charge on any atom is -0.486 e. The lowest BCUT2D eigenvalue weighted by Crippen LogP contribution is -2.26. The summed E-state index contributed by atoms with van der Waals surface area (Å²) >= 11 is 7.18. The largest absolute Gasteiger partial charge is 0.486 e. The van der Waals surface area contributed by atoms with E-state index in [-0.39, 0.29) is 18.3 Å². The Balaban J connectivity index is 1.78. The minimum atomic E-state index is -0.0388. The summed E-state index contributed by atoms with van der Waals surface area (Å²) in [6.07, 6.45) is 0.795. The Kier molecular flexibility index (Phi) is 8.03. The van der Waals surface area contributed by atoms with Crippen molar-refractivity contribution in [1.82, 2.24) is 20.1 Å². The number of methoxy groups -OCH3 is 1. The number of thioether (sulfide) groups is 1. The first-order valence-corrected chi connectivity index (χ1v) is 9.11. The Bertz CT molecular complexity index is 679. The van der Waals surface area contributed by atoms with E-state index in [4.69, 9.17) is 21.1 Å². The first-order valence-electron chi connectivity index (χ1n) is 7.75. The molecule has 0 saturated carbocycles. The number of nitrogens with zero attached hydrogens (tertiary/aromatic N) is 3. The van der Waals surface area contributed by atoms with E-state index in [1.165, 1.54) is 11.8 Å². The second-order valence-electron chi connectivity index (χ2n) is 5.19. The van der Waals surface area contributed by atoms with Crippen molar-refractivity contribution in [1.29, 1.82) is 0 Å². The first kappa shape index (κ1) is 19.6. The maximum Gasteiger partial charge on any atom is 0.230 e. The van der Waals surface area contributed by atoms with Crippen LogP contribution in [0.5, 0.6) is 5.75 Å². The molecular formula is C16H21ClN4O3S. The fourth-order valence-electron chi connectivity index (χ4n) is 1.90. The second kappa shape index (κ2) is 10.3. The number of carbonyl (C=O) groups excluding carboxylic acids is 1. The summed E-state index contributed by atoms with van der Waals surface area (Å²) in [7, 11) is 3.49. The third-order valence-corrected chi connectivity index (χ3v) is 4.56. The molecule has 7 nitrogen and oxygen atoms in total. The van der Waals surface area contributed by atoms with Crippen LogP contribution < -0.4 is 10.1 Å². The maximum absolute atomic E-state index is 11.8. The number of nitrogens with one attached hydrogen (secondary N) is 1. The minimum absolute atomic E-state index is 0.0388. The normalized spacial score (nSPS) is 10.7. The summed E-state index contributed by atoms with van der Waals surface area (Å²) in [5.41, 5.74) is 0. The van der Waals surface area contributed by atoms with Gasteiger partial charge < -0.3 is 19.4 Å². The van der Waals surface area contributed by atoms with Gasteiger partial charge in [0.15, 0.2) is 11.0 Å². The second-order valence-corrected chi connectivity index (χ2v) is 6.56. The van der Waals surface area contributed by atoms with Gasteiger partial charge in [-0.2, -0.15) is 0 Å². The van der Waals surface area contributed by atoms with Gasteiger partial charge in [0.2, 0.25) is 5.91 Å². The van der Waals surface area contributed by atoms with Gasteiger partial charge in [0.1, 0.15) is 12.4 Å². The molecular weight excluding hydrogens is 364 g/mol. The van der Waals surface area contributed by atoms with Gasteiger partial charge in [-0.3, -0.25) is 4.79 Å². The van der Waals surface area contributed by atoms with Crippen molar-refractivity contribution in [3.63, 3.8) is 0 Å². The van der Waals surface area contributed by atoms with Crippen LogP contribution in [-0.2, 0) is 23.2 Å². The van der Waals surface area contributed by atoms with Crippen LogP contribution in [0.15, 0.2) is 29.4 Å². The molecule has 0 saturated heterocycles. The number of rotatable bonds is 10. The number of carbonyl (C=O) groups is 1. The van der Waals surface area contributed by atoms with E-state index in [9.17, 15) is 4.79 Å².